The number of para-hydroxylation sites is 1. The number of morpholine rings is 1. The molecular formula is C26H22FN3O3. The van der Waals surface area contributed by atoms with Gasteiger partial charge in [0.15, 0.2) is 0 Å². The molecule has 2 amide bonds. The summed E-state index contributed by atoms with van der Waals surface area (Å²) in [5.41, 5.74) is 8.71. The Hall–Kier alpha value is -3.97. The Kier molecular flexibility index (Phi) is 5.40. The average Bonchev–Trinajstić information content (AvgIpc) is 3.22. The lowest BCUT2D eigenvalue weighted by atomic mass is 9.95. The second-order valence-electron chi connectivity index (χ2n) is 7.96. The van der Waals surface area contributed by atoms with Crippen molar-refractivity contribution in [3.63, 3.8) is 0 Å². The first-order chi connectivity index (χ1) is 16.0. The molecule has 0 saturated carbocycles. The Morgan fingerprint density at radius 1 is 1.06 bits per heavy atom. The number of benzene rings is 3. The van der Waals surface area contributed by atoms with Gasteiger partial charge in [-0.3, -0.25) is 9.59 Å². The maximum Gasteiger partial charge on any atom is 0.250 e. The van der Waals surface area contributed by atoms with E-state index in [0.29, 0.717) is 48.3 Å². The summed E-state index contributed by atoms with van der Waals surface area (Å²) in [4.78, 5) is 29.4. The zero-order valence-corrected chi connectivity index (χ0v) is 17.8. The molecule has 33 heavy (non-hydrogen) atoms. The number of amides is 2. The van der Waals surface area contributed by atoms with Crippen molar-refractivity contribution in [3.8, 4) is 11.1 Å². The van der Waals surface area contributed by atoms with Crippen molar-refractivity contribution in [2.24, 2.45) is 5.73 Å². The standard InChI is InChI=1S/C26H22FN3O3/c27-20-15-19(26(28)32)25-24(18-6-1-2-7-21(18)29-25)23(20)17-5-3-4-16(14-17)8-9-22(31)30-10-12-33-13-11-30/h1-9,14-15,29H,10-13H2,(H2,28,32)/b9-8+. The molecule has 4 aromatic rings. The van der Waals surface area contributed by atoms with Crippen LogP contribution in [0, 0.1) is 5.82 Å². The fraction of sp³-hybridized carbons (Fsp3) is 0.154. The van der Waals surface area contributed by atoms with E-state index in [0.717, 1.165) is 16.5 Å². The van der Waals surface area contributed by atoms with Crippen LogP contribution in [0.25, 0.3) is 39.0 Å². The Bertz CT molecular complexity index is 1420. The van der Waals surface area contributed by atoms with Gasteiger partial charge in [-0.15, -0.1) is 0 Å². The molecule has 6 nitrogen and oxygen atoms in total. The molecule has 1 aromatic heterocycles. The quantitative estimate of drug-likeness (QED) is 0.466. The van der Waals surface area contributed by atoms with E-state index in [2.05, 4.69) is 4.98 Å². The Morgan fingerprint density at radius 3 is 2.64 bits per heavy atom. The summed E-state index contributed by atoms with van der Waals surface area (Å²) in [6.45, 7) is 2.21. The van der Waals surface area contributed by atoms with Gasteiger partial charge in [-0.05, 0) is 35.4 Å². The Balaban J connectivity index is 1.61. The number of carbonyl (C=O) groups excluding carboxylic acids is 2. The number of nitrogens with zero attached hydrogens (tertiary/aromatic N) is 1. The van der Waals surface area contributed by atoms with Crippen LogP contribution >= 0.6 is 0 Å². The third-order valence-corrected chi connectivity index (χ3v) is 5.92. The topological polar surface area (TPSA) is 88.4 Å². The molecule has 0 bridgehead atoms. The molecule has 3 aromatic carbocycles. The van der Waals surface area contributed by atoms with Crippen molar-refractivity contribution in [2.45, 2.75) is 0 Å². The molecule has 0 unspecified atom stereocenters. The van der Waals surface area contributed by atoms with Gasteiger partial charge in [0.1, 0.15) is 5.82 Å². The SMILES string of the molecule is NC(=O)c1cc(F)c(-c2cccc(/C=C/C(=O)N3CCOCC3)c2)c2c1[nH]c1ccccc12. The molecule has 7 heteroatoms. The van der Waals surface area contributed by atoms with Gasteiger partial charge in [0, 0.05) is 41.0 Å². The summed E-state index contributed by atoms with van der Waals surface area (Å²) in [7, 11) is 0. The first-order valence-electron chi connectivity index (χ1n) is 10.7. The predicted molar refractivity (Wildman–Crippen MR) is 126 cm³/mol. The number of nitrogens with one attached hydrogen (secondary N) is 1. The van der Waals surface area contributed by atoms with Gasteiger partial charge >= 0.3 is 0 Å². The Morgan fingerprint density at radius 2 is 1.85 bits per heavy atom. The summed E-state index contributed by atoms with van der Waals surface area (Å²) in [5, 5.41) is 1.40. The number of aromatic amines is 1. The van der Waals surface area contributed by atoms with E-state index in [1.54, 1.807) is 11.0 Å². The molecule has 166 valence electrons. The van der Waals surface area contributed by atoms with E-state index >= 15 is 4.39 Å². The molecule has 0 aliphatic carbocycles. The van der Waals surface area contributed by atoms with Gasteiger partial charge in [0.2, 0.25) is 5.91 Å². The molecule has 5 rings (SSSR count). The summed E-state index contributed by atoms with van der Waals surface area (Å²) in [6, 6.07) is 16.0. The van der Waals surface area contributed by atoms with E-state index < -0.39 is 11.7 Å². The molecule has 1 fully saturated rings. The molecule has 2 heterocycles. The van der Waals surface area contributed by atoms with Gasteiger partial charge in [0.05, 0.1) is 24.3 Å². The number of aromatic nitrogens is 1. The highest BCUT2D eigenvalue weighted by molar-refractivity contribution is 6.20. The second kappa shape index (κ2) is 8.52. The summed E-state index contributed by atoms with van der Waals surface area (Å²) < 4.78 is 20.7. The Labute approximate surface area is 189 Å². The lowest BCUT2D eigenvalue weighted by molar-refractivity contribution is -0.129. The molecule has 1 aliphatic heterocycles. The maximum absolute atomic E-state index is 15.4. The largest absolute Gasteiger partial charge is 0.378 e. The van der Waals surface area contributed by atoms with Crippen molar-refractivity contribution in [1.29, 1.82) is 0 Å². The van der Waals surface area contributed by atoms with Crippen LogP contribution in [0.2, 0.25) is 0 Å². The van der Waals surface area contributed by atoms with E-state index in [4.69, 9.17) is 10.5 Å². The van der Waals surface area contributed by atoms with Crippen molar-refractivity contribution >= 4 is 39.7 Å². The van der Waals surface area contributed by atoms with E-state index in [9.17, 15) is 9.59 Å². The first-order valence-corrected chi connectivity index (χ1v) is 10.7. The van der Waals surface area contributed by atoms with Crippen molar-refractivity contribution in [2.75, 3.05) is 26.3 Å². The normalized spacial score (nSPS) is 14.4. The van der Waals surface area contributed by atoms with Gasteiger partial charge in [-0.2, -0.15) is 0 Å². The highest BCUT2D eigenvalue weighted by Crippen LogP contribution is 2.38. The van der Waals surface area contributed by atoms with Gasteiger partial charge in [-0.25, -0.2) is 4.39 Å². The zero-order valence-electron chi connectivity index (χ0n) is 17.8. The van der Waals surface area contributed by atoms with Crippen LogP contribution in [0.15, 0.2) is 60.7 Å². The van der Waals surface area contributed by atoms with Gasteiger partial charge in [-0.1, -0.05) is 36.4 Å². The molecular weight excluding hydrogens is 421 g/mol. The van der Waals surface area contributed by atoms with E-state index in [-0.39, 0.29) is 11.5 Å². The van der Waals surface area contributed by atoms with Crippen LogP contribution in [0.3, 0.4) is 0 Å². The smallest absolute Gasteiger partial charge is 0.250 e. The molecule has 0 radical (unpaired) electrons. The summed E-state index contributed by atoms with van der Waals surface area (Å²) >= 11 is 0. The number of H-pyrrole nitrogens is 1. The van der Waals surface area contributed by atoms with Crippen LogP contribution in [-0.4, -0.2) is 48.0 Å². The molecule has 3 N–H and O–H groups in total. The lowest BCUT2D eigenvalue weighted by Gasteiger charge is -2.25. The van der Waals surface area contributed by atoms with Crippen LogP contribution in [-0.2, 0) is 9.53 Å². The zero-order chi connectivity index (χ0) is 22.9. The number of hydrogen-bond acceptors (Lipinski definition) is 3. The van der Waals surface area contributed by atoms with Crippen molar-refractivity contribution < 1.29 is 18.7 Å². The van der Waals surface area contributed by atoms with Gasteiger partial charge < -0.3 is 20.4 Å². The number of nitrogens with two attached hydrogens (primary N) is 1. The van der Waals surface area contributed by atoms with Crippen molar-refractivity contribution in [3.05, 3.63) is 77.6 Å². The number of halogens is 1. The van der Waals surface area contributed by atoms with Gasteiger partial charge in [0.25, 0.3) is 5.91 Å². The van der Waals surface area contributed by atoms with Crippen LogP contribution in [0.4, 0.5) is 4.39 Å². The van der Waals surface area contributed by atoms with Crippen LogP contribution in [0.1, 0.15) is 15.9 Å². The molecule has 0 spiro atoms. The fourth-order valence-electron chi connectivity index (χ4n) is 4.33. The summed E-state index contributed by atoms with van der Waals surface area (Å²) in [6.07, 6.45) is 3.25. The second-order valence-corrected chi connectivity index (χ2v) is 7.96. The molecule has 0 atom stereocenters. The third kappa shape index (κ3) is 3.87. The third-order valence-electron chi connectivity index (χ3n) is 5.92. The molecule has 1 aliphatic rings. The lowest BCUT2D eigenvalue weighted by Crippen LogP contribution is -2.39. The van der Waals surface area contributed by atoms with Crippen LogP contribution in [0.5, 0.6) is 0 Å². The number of fused-ring (bicyclic) bond motifs is 3. The first kappa shape index (κ1) is 20.9. The predicted octanol–water partition coefficient (Wildman–Crippen LogP) is 4.10. The molecule has 1 saturated heterocycles. The highest BCUT2D eigenvalue weighted by atomic mass is 19.1. The number of hydrogen-bond donors (Lipinski definition) is 2. The number of rotatable bonds is 4. The number of carbonyl (C=O) groups is 2. The minimum absolute atomic E-state index is 0.0836. The van der Waals surface area contributed by atoms with E-state index in [1.165, 1.54) is 12.1 Å². The maximum atomic E-state index is 15.4. The van der Waals surface area contributed by atoms with Crippen molar-refractivity contribution in [1.82, 2.24) is 9.88 Å². The highest BCUT2D eigenvalue weighted by Gasteiger charge is 2.21. The summed E-state index contributed by atoms with van der Waals surface area (Å²) in [5.74, 6) is -1.32. The average molecular weight is 443 g/mol. The fourth-order valence-corrected chi connectivity index (χ4v) is 4.33. The number of primary amides is 1. The van der Waals surface area contributed by atoms with E-state index in [1.807, 2.05) is 48.5 Å². The minimum Gasteiger partial charge on any atom is -0.378 e. The number of ether oxygens (including phenoxy) is 1. The van der Waals surface area contributed by atoms with Crippen LogP contribution < -0.4 is 5.73 Å². The minimum atomic E-state index is -0.699. The monoisotopic (exact) mass is 443 g/mol.